The van der Waals surface area contributed by atoms with Crippen molar-refractivity contribution in [2.24, 2.45) is 0 Å². The highest BCUT2D eigenvalue weighted by Gasteiger charge is 2.09. The van der Waals surface area contributed by atoms with Crippen LogP contribution in [0.2, 0.25) is 5.28 Å². The number of hydrogen-bond donors (Lipinski definition) is 1. The van der Waals surface area contributed by atoms with Crippen molar-refractivity contribution in [2.45, 2.75) is 29.8 Å². The van der Waals surface area contributed by atoms with Gasteiger partial charge in [-0.25, -0.2) is 4.98 Å². The first-order valence-corrected chi connectivity index (χ1v) is 7.27. The molecule has 2 aromatic rings. The molecule has 18 heavy (non-hydrogen) atoms. The molecule has 0 spiro atoms. The predicted molar refractivity (Wildman–Crippen MR) is 72.4 cm³/mol. The SMILES string of the molecule is CCCNc1nc(Cl)nc(Sc2nc(C)ns2)n1. The molecule has 6 nitrogen and oxygen atoms in total. The van der Waals surface area contributed by atoms with Crippen LogP contribution in [-0.4, -0.2) is 30.9 Å². The highest BCUT2D eigenvalue weighted by atomic mass is 35.5. The van der Waals surface area contributed by atoms with E-state index >= 15 is 0 Å². The van der Waals surface area contributed by atoms with Crippen molar-refractivity contribution in [2.75, 3.05) is 11.9 Å². The summed E-state index contributed by atoms with van der Waals surface area (Å²) in [5.74, 6) is 1.23. The monoisotopic (exact) mass is 302 g/mol. The normalized spacial score (nSPS) is 10.6. The summed E-state index contributed by atoms with van der Waals surface area (Å²) in [6, 6.07) is 0. The van der Waals surface area contributed by atoms with Gasteiger partial charge in [0, 0.05) is 6.54 Å². The van der Waals surface area contributed by atoms with Gasteiger partial charge in [0.2, 0.25) is 16.4 Å². The molecule has 2 heterocycles. The average Bonchev–Trinajstić information content (AvgIpc) is 2.71. The fourth-order valence-electron chi connectivity index (χ4n) is 1.09. The zero-order chi connectivity index (χ0) is 13.0. The average molecular weight is 303 g/mol. The van der Waals surface area contributed by atoms with E-state index in [0.717, 1.165) is 23.1 Å². The van der Waals surface area contributed by atoms with Gasteiger partial charge < -0.3 is 5.32 Å². The van der Waals surface area contributed by atoms with Gasteiger partial charge in [-0.05, 0) is 48.2 Å². The molecule has 0 unspecified atom stereocenters. The van der Waals surface area contributed by atoms with E-state index < -0.39 is 0 Å². The van der Waals surface area contributed by atoms with Crippen LogP contribution in [0.5, 0.6) is 0 Å². The lowest BCUT2D eigenvalue weighted by atomic mass is 10.5. The second kappa shape index (κ2) is 6.26. The van der Waals surface area contributed by atoms with E-state index in [9.17, 15) is 0 Å². The molecule has 0 amide bonds. The van der Waals surface area contributed by atoms with Gasteiger partial charge in [0.25, 0.3) is 0 Å². The zero-order valence-electron chi connectivity index (χ0n) is 9.84. The lowest BCUT2D eigenvalue weighted by Crippen LogP contribution is -2.06. The topological polar surface area (TPSA) is 76.5 Å². The van der Waals surface area contributed by atoms with Gasteiger partial charge in [-0.2, -0.15) is 19.3 Å². The summed E-state index contributed by atoms with van der Waals surface area (Å²) >= 11 is 8.49. The van der Waals surface area contributed by atoms with E-state index in [2.05, 4.69) is 36.5 Å². The number of nitrogens with zero attached hydrogens (tertiary/aromatic N) is 5. The lowest BCUT2D eigenvalue weighted by Gasteiger charge is -2.03. The Bertz CT molecular complexity index is 532. The van der Waals surface area contributed by atoms with Crippen LogP contribution < -0.4 is 5.32 Å². The van der Waals surface area contributed by atoms with E-state index in [1.165, 1.54) is 23.3 Å². The molecule has 0 atom stereocenters. The third kappa shape index (κ3) is 3.76. The van der Waals surface area contributed by atoms with Crippen molar-refractivity contribution in [3.05, 3.63) is 11.1 Å². The smallest absolute Gasteiger partial charge is 0.228 e. The minimum absolute atomic E-state index is 0.173. The van der Waals surface area contributed by atoms with E-state index in [1.807, 2.05) is 6.92 Å². The molecule has 0 aliphatic rings. The summed E-state index contributed by atoms with van der Waals surface area (Å²) in [6.45, 7) is 4.70. The Balaban J connectivity index is 2.14. The quantitative estimate of drug-likeness (QED) is 0.909. The second-order valence-corrected chi connectivity index (χ2v) is 5.65. The van der Waals surface area contributed by atoms with E-state index in [0.29, 0.717) is 11.1 Å². The van der Waals surface area contributed by atoms with Gasteiger partial charge in [-0.15, -0.1) is 0 Å². The predicted octanol–water partition coefficient (Wildman–Crippen LogP) is 2.66. The molecule has 0 bridgehead atoms. The first kappa shape index (κ1) is 13.4. The fraction of sp³-hybridized carbons (Fsp3) is 0.444. The van der Waals surface area contributed by atoms with Crippen LogP contribution in [-0.2, 0) is 0 Å². The first-order valence-electron chi connectivity index (χ1n) is 5.31. The molecule has 0 aromatic carbocycles. The molecule has 0 aliphatic carbocycles. The Morgan fingerprint density at radius 2 is 2.11 bits per heavy atom. The Hall–Kier alpha value is -0.990. The number of anilines is 1. The third-order valence-electron chi connectivity index (χ3n) is 1.81. The summed E-state index contributed by atoms with van der Waals surface area (Å²) in [6.07, 6.45) is 0.987. The van der Waals surface area contributed by atoms with Crippen molar-refractivity contribution in [3.8, 4) is 0 Å². The number of aromatic nitrogens is 5. The van der Waals surface area contributed by atoms with Crippen LogP contribution in [0.3, 0.4) is 0 Å². The molecule has 2 rings (SSSR count). The third-order valence-corrected chi connectivity index (χ3v) is 3.68. The Morgan fingerprint density at radius 3 is 2.78 bits per heavy atom. The van der Waals surface area contributed by atoms with Gasteiger partial charge in [0.1, 0.15) is 5.82 Å². The minimum Gasteiger partial charge on any atom is -0.354 e. The van der Waals surface area contributed by atoms with Gasteiger partial charge in [-0.1, -0.05) is 6.92 Å². The standard InChI is InChI=1S/C9H11ClN6S2/c1-3-4-11-7-13-6(10)14-8(15-7)17-9-12-5(2)16-18-9/h3-4H2,1-2H3,(H,11,13,14,15). The van der Waals surface area contributed by atoms with Crippen LogP contribution in [0.25, 0.3) is 0 Å². The van der Waals surface area contributed by atoms with Gasteiger partial charge >= 0.3 is 0 Å². The highest BCUT2D eigenvalue weighted by molar-refractivity contribution is 8.00. The molecule has 9 heteroatoms. The van der Waals surface area contributed by atoms with Gasteiger partial charge in [0.05, 0.1) is 0 Å². The molecule has 0 aliphatic heterocycles. The van der Waals surface area contributed by atoms with E-state index in [-0.39, 0.29) is 5.28 Å². The van der Waals surface area contributed by atoms with Crippen molar-refractivity contribution in [3.63, 3.8) is 0 Å². The Morgan fingerprint density at radius 1 is 1.28 bits per heavy atom. The van der Waals surface area contributed by atoms with Crippen molar-refractivity contribution >= 4 is 40.8 Å². The molecule has 2 aromatic heterocycles. The molecule has 0 saturated carbocycles. The summed E-state index contributed by atoms with van der Waals surface area (Å²) in [7, 11) is 0. The van der Waals surface area contributed by atoms with Crippen LogP contribution in [0, 0.1) is 6.92 Å². The fourth-order valence-corrected chi connectivity index (χ4v) is 2.81. The number of aryl methyl sites for hydroxylation is 1. The number of halogens is 1. The molecule has 0 fully saturated rings. The summed E-state index contributed by atoms with van der Waals surface area (Å²) < 4.78 is 4.89. The summed E-state index contributed by atoms with van der Waals surface area (Å²) in [5.41, 5.74) is 0. The second-order valence-electron chi connectivity index (χ2n) is 3.35. The summed E-state index contributed by atoms with van der Waals surface area (Å²) in [4.78, 5) is 16.5. The Labute approximate surface area is 118 Å². The van der Waals surface area contributed by atoms with Crippen LogP contribution in [0.15, 0.2) is 9.50 Å². The molecule has 0 radical (unpaired) electrons. The zero-order valence-corrected chi connectivity index (χ0v) is 12.2. The van der Waals surface area contributed by atoms with Crippen molar-refractivity contribution in [1.82, 2.24) is 24.3 Å². The molecule has 1 N–H and O–H groups in total. The van der Waals surface area contributed by atoms with Gasteiger partial charge in [-0.3, -0.25) is 0 Å². The maximum Gasteiger partial charge on any atom is 0.228 e. The van der Waals surface area contributed by atoms with E-state index in [1.54, 1.807) is 0 Å². The lowest BCUT2D eigenvalue weighted by molar-refractivity contribution is 0.877. The van der Waals surface area contributed by atoms with Crippen LogP contribution in [0.1, 0.15) is 19.2 Å². The Kier molecular flexibility index (Phi) is 4.67. The number of rotatable bonds is 5. The van der Waals surface area contributed by atoms with Crippen LogP contribution in [0.4, 0.5) is 5.95 Å². The van der Waals surface area contributed by atoms with Gasteiger partial charge in [0.15, 0.2) is 4.34 Å². The largest absolute Gasteiger partial charge is 0.354 e. The molecule has 0 saturated heterocycles. The molecular weight excluding hydrogens is 292 g/mol. The number of hydrogen-bond acceptors (Lipinski definition) is 8. The molecular formula is C9H11ClN6S2. The van der Waals surface area contributed by atoms with Crippen molar-refractivity contribution in [1.29, 1.82) is 0 Å². The summed E-state index contributed by atoms with van der Waals surface area (Å²) in [5, 5.41) is 3.77. The maximum absolute atomic E-state index is 5.85. The maximum atomic E-state index is 5.85. The highest BCUT2D eigenvalue weighted by Crippen LogP contribution is 2.27. The number of nitrogens with one attached hydrogen (secondary N) is 1. The minimum atomic E-state index is 0.173. The van der Waals surface area contributed by atoms with Crippen molar-refractivity contribution < 1.29 is 0 Å². The van der Waals surface area contributed by atoms with E-state index in [4.69, 9.17) is 11.6 Å². The van der Waals surface area contributed by atoms with Crippen LogP contribution >= 0.6 is 34.9 Å². The first-order chi connectivity index (χ1) is 8.67. The molecule has 96 valence electrons.